The molecule has 3 nitrogen and oxygen atoms in total. The minimum absolute atomic E-state index is 0.201. The summed E-state index contributed by atoms with van der Waals surface area (Å²) in [5.41, 5.74) is 0. The lowest BCUT2D eigenvalue weighted by atomic mass is 10.3. The molecule has 0 rings (SSSR count). The molecule has 0 radical (unpaired) electrons. The number of ether oxygens (including phenoxy) is 2. The second-order valence-corrected chi connectivity index (χ2v) is 2.74. The van der Waals surface area contributed by atoms with Crippen molar-refractivity contribution in [3.05, 3.63) is 0 Å². The van der Waals surface area contributed by atoms with Gasteiger partial charge in [0.25, 0.3) is 0 Å². The van der Waals surface area contributed by atoms with Crippen molar-refractivity contribution in [3.8, 4) is 0 Å². The van der Waals surface area contributed by atoms with Gasteiger partial charge in [0, 0.05) is 20.3 Å². The summed E-state index contributed by atoms with van der Waals surface area (Å²) in [6.07, 6.45) is 1.36. The van der Waals surface area contributed by atoms with Gasteiger partial charge in [-0.2, -0.15) is 0 Å². The average molecular weight is 175 g/mol. The summed E-state index contributed by atoms with van der Waals surface area (Å²) >= 11 is 0. The predicted molar refractivity (Wildman–Crippen MR) is 50.5 cm³/mol. The van der Waals surface area contributed by atoms with E-state index in [0.29, 0.717) is 6.61 Å². The lowest BCUT2D eigenvalue weighted by Gasteiger charge is -2.16. The van der Waals surface area contributed by atoms with Crippen LogP contribution in [-0.2, 0) is 9.47 Å². The highest BCUT2D eigenvalue weighted by Crippen LogP contribution is 1.91. The Kier molecular flexibility index (Phi) is 8.88. The molecule has 0 fully saturated rings. The fourth-order valence-corrected chi connectivity index (χ4v) is 1.03. The van der Waals surface area contributed by atoms with Gasteiger partial charge in [0.05, 0.1) is 12.7 Å². The molecule has 0 saturated carbocycles. The van der Waals surface area contributed by atoms with Crippen LogP contribution in [0, 0.1) is 0 Å². The van der Waals surface area contributed by atoms with Gasteiger partial charge in [-0.15, -0.1) is 0 Å². The lowest BCUT2D eigenvalue weighted by molar-refractivity contribution is 0.00516. The van der Waals surface area contributed by atoms with E-state index in [4.69, 9.17) is 9.47 Å². The third-order valence-electron chi connectivity index (χ3n) is 1.55. The first kappa shape index (κ1) is 11.9. The second kappa shape index (κ2) is 8.97. The summed E-state index contributed by atoms with van der Waals surface area (Å²) in [7, 11) is 1.70. The van der Waals surface area contributed by atoms with Gasteiger partial charge in [0.2, 0.25) is 0 Å². The van der Waals surface area contributed by atoms with Crippen LogP contribution in [0.3, 0.4) is 0 Å². The van der Waals surface area contributed by atoms with Gasteiger partial charge in [-0.3, -0.25) is 0 Å². The zero-order valence-electron chi connectivity index (χ0n) is 8.43. The maximum atomic E-state index is 5.44. The Bertz CT molecular complexity index is 82.6. The number of hydrogen-bond acceptors (Lipinski definition) is 3. The molecule has 0 aliphatic heterocycles. The van der Waals surface area contributed by atoms with E-state index in [2.05, 4.69) is 12.2 Å². The third-order valence-corrected chi connectivity index (χ3v) is 1.55. The molecule has 1 unspecified atom stereocenters. The van der Waals surface area contributed by atoms with E-state index in [1.54, 1.807) is 7.11 Å². The molecule has 0 bridgehead atoms. The highest BCUT2D eigenvalue weighted by molar-refractivity contribution is 4.59. The third kappa shape index (κ3) is 6.58. The van der Waals surface area contributed by atoms with E-state index in [9.17, 15) is 0 Å². The van der Waals surface area contributed by atoms with E-state index in [1.807, 2.05) is 6.92 Å². The normalized spacial score (nSPS) is 13.2. The largest absolute Gasteiger partial charge is 0.382 e. The molecule has 3 heteroatoms. The number of methoxy groups -OCH3 is 1. The molecule has 1 atom stereocenters. The molecule has 0 aromatic heterocycles. The maximum Gasteiger partial charge on any atom is 0.0932 e. The van der Waals surface area contributed by atoms with Gasteiger partial charge in [0.15, 0.2) is 0 Å². The van der Waals surface area contributed by atoms with Crippen molar-refractivity contribution in [3.63, 3.8) is 0 Å². The number of rotatable bonds is 8. The molecule has 0 aromatic rings. The Morgan fingerprint density at radius 3 is 2.58 bits per heavy atom. The first-order valence-electron chi connectivity index (χ1n) is 4.66. The molecular formula is C9H21NO2. The molecule has 0 spiro atoms. The Hall–Kier alpha value is -0.120. The van der Waals surface area contributed by atoms with Crippen molar-refractivity contribution in [2.75, 3.05) is 33.4 Å². The van der Waals surface area contributed by atoms with E-state index in [-0.39, 0.29) is 6.10 Å². The van der Waals surface area contributed by atoms with Crippen LogP contribution in [0.1, 0.15) is 20.3 Å². The topological polar surface area (TPSA) is 30.5 Å². The van der Waals surface area contributed by atoms with Crippen LogP contribution in [0.2, 0.25) is 0 Å². The Morgan fingerprint density at radius 1 is 1.33 bits per heavy atom. The van der Waals surface area contributed by atoms with Crippen molar-refractivity contribution in [1.82, 2.24) is 5.32 Å². The van der Waals surface area contributed by atoms with Crippen LogP contribution in [-0.4, -0.2) is 39.5 Å². The van der Waals surface area contributed by atoms with Gasteiger partial charge in [-0.25, -0.2) is 0 Å². The summed E-state index contributed by atoms with van der Waals surface area (Å²) in [6, 6.07) is 0. The van der Waals surface area contributed by atoms with Crippen molar-refractivity contribution < 1.29 is 9.47 Å². The summed E-state index contributed by atoms with van der Waals surface area (Å²) < 4.78 is 10.5. The van der Waals surface area contributed by atoms with Crippen molar-refractivity contribution >= 4 is 0 Å². The summed E-state index contributed by atoms with van der Waals surface area (Å²) in [6.45, 7) is 7.51. The number of hydrogen-bond donors (Lipinski definition) is 1. The van der Waals surface area contributed by atoms with E-state index < -0.39 is 0 Å². The van der Waals surface area contributed by atoms with Crippen molar-refractivity contribution in [2.24, 2.45) is 0 Å². The van der Waals surface area contributed by atoms with E-state index in [0.717, 1.165) is 26.1 Å². The van der Waals surface area contributed by atoms with Gasteiger partial charge in [-0.1, -0.05) is 6.92 Å². The Morgan fingerprint density at radius 2 is 2.08 bits per heavy atom. The maximum absolute atomic E-state index is 5.44. The SMILES string of the molecule is CCCNCC(COC)OCC. The highest BCUT2D eigenvalue weighted by atomic mass is 16.5. The molecule has 0 aliphatic carbocycles. The summed E-state index contributed by atoms with van der Waals surface area (Å²) in [5.74, 6) is 0. The van der Waals surface area contributed by atoms with Gasteiger partial charge in [0.1, 0.15) is 0 Å². The second-order valence-electron chi connectivity index (χ2n) is 2.74. The van der Waals surface area contributed by atoms with E-state index in [1.165, 1.54) is 0 Å². The lowest BCUT2D eigenvalue weighted by Crippen LogP contribution is -2.33. The van der Waals surface area contributed by atoms with Gasteiger partial charge in [-0.05, 0) is 19.9 Å². The highest BCUT2D eigenvalue weighted by Gasteiger charge is 2.05. The zero-order chi connectivity index (χ0) is 9.23. The Balaban J connectivity index is 3.34. The molecule has 0 heterocycles. The van der Waals surface area contributed by atoms with Gasteiger partial charge >= 0.3 is 0 Å². The Labute approximate surface area is 75.4 Å². The zero-order valence-corrected chi connectivity index (χ0v) is 8.43. The van der Waals surface area contributed by atoms with Crippen LogP contribution in [0.25, 0.3) is 0 Å². The molecule has 1 N–H and O–H groups in total. The molecule has 74 valence electrons. The molecule has 0 saturated heterocycles. The first-order chi connectivity index (χ1) is 5.85. The molecular weight excluding hydrogens is 154 g/mol. The monoisotopic (exact) mass is 175 g/mol. The smallest absolute Gasteiger partial charge is 0.0932 e. The summed E-state index contributed by atoms with van der Waals surface area (Å²) in [4.78, 5) is 0. The minimum atomic E-state index is 0.201. The fraction of sp³-hybridized carbons (Fsp3) is 1.00. The quantitative estimate of drug-likeness (QED) is 0.559. The van der Waals surface area contributed by atoms with Crippen LogP contribution in [0.4, 0.5) is 0 Å². The standard InChI is InChI=1S/C9H21NO2/c1-4-6-10-7-9(8-11-3)12-5-2/h9-10H,4-8H2,1-3H3. The van der Waals surface area contributed by atoms with E-state index >= 15 is 0 Å². The van der Waals surface area contributed by atoms with Crippen LogP contribution < -0.4 is 5.32 Å². The van der Waals surface area contributed by atoms with Crippen LogP contribution in [0.15, 0.2) is 0 Å². The molecule has 0 amide bonds. The summed E-state index contributed by atoms with van der Waals surface area (Å²) in [5, 5.41) is 3.30. The average Bonchev–Trinajstić information content (AvgIpc) is 2.06. The number of nitrogens with one attached hydrogen (secondary N) is 1. The predicted octanol–water partition coefficient (Wildman–Crippen LogP) is 1.04. The molecule has 12 heavy (non-hydrogen) atoms. The molecule has 0 aromatic carbocycles. The van der Waals surface area contributed by atoms with Crippen molar-refractivity contribution in [2.45, 2.75) is 26.4 Å². The fourth-order valence-electron chi connectivity index (χ4n) is 1.03. The van der Waals surface area contributed by atoms with Crippen molar-refractivity contribution in [1.29, 1.82) is 0 Å². The first-order valence-corrected chi connectivity index (χ1v) is 4.66. The van der Waals surface area contributed by atoms with Gasteiger partial charge < -0.3 is 14.8 Å². The molecule has 0 aliphatic rings. The van der Waals surface area contributed by atoms with Crippen LogP contribution in [0.5, 0.6) is 0 Å². The minimum Gasteiger partial charge on any atom is -0.382 e. The van der Waals surface area contributed by atoms with Crippen LogP contribution >= 0.6 is 0 Å².